The molecule has 0 saturated heterocycles. The van der Waals surface area contributed by atoms with E-state index in [4.69, 9.17) is 9.15 Å². The molecule has 1 heterocycles. The van der Waals surface area contributed by atoms with Crippen LogP contribution in [0.1, 0.15) is 40.6 Å². The molecule has 0 saturated carbocycles. The lowest BCUT2D eigenvalue weighted by Crippen LogP contribution is -2.31. The maximum Gasteiger partial charge on any atom is 0.262 e. The number of hydrogen-bond donors (Lipinski definition) is 2. The van der Waals surface area contributed by atoms with E-state index in [9.17, 15) is 14.0 Å². The van der Waals surface area contributed by atoms with Gasteiger partial charge >= 0.3 is 0 Å². The first-order valence-corrected chi connectivity index (χ1v) is 9.75. The second-order valence-electron chi connectivity index (χ2n) is 7.03. The fourth-order valence-corrected chi connectivity index (χ4v) is 3.54. The van der Waals surface area contributed by atoms with E-state index in [2.05, 4.69) is 10.6 Å². The van der Waals surface area contributed by atoms with Gasteiger partial charge in [-0.3, -0.25) is 9.59 Å². The lowest BCUT2D eigenvalue weighted by molar-refractivity contribution is -0.118. The molecule has 1 aliphatic carbocycles. The SMILES string of the molecule is O=C(COc1ccccc1C(=O)NC1CCCc2occc21)Nc1ccccc1F. The molecule has 0 bridgehead atoms. The minimum atomic E-state index is -0.531. The van der Waals surface area contributed by atoms with Crippen LogP contribution in [0.4, 0.5) is 10.1 Å². The van der Waals surface area contributed by atoms with Crippen LogP contribution in [0.3, 0.4) is 0 Å². The first-order chi connectivity index (χ1) is 14.6. The highest BCUT2D eigenvalue weighted by atomic mass is 19.1. The van der Waals surface area contributed by atoms with Gasteiger partial charge in [-0.15, -0.1) is 0 Å². The molecular formula is C23H21FN2O4. The number of fused-ring (bicyclic) bond motifs is 1. The second kappa shape index (κ2) is 8.82. The van der Waals surface area contributed by atoms with Gasteiger partial charge in [-0.05, 0) is 43.2 Å². The van der Waals surface area contributed by atoms with Gasteiger partial charge in [0, 0.05) is 12.0 Å². The van der Waals surface area contributed by atoms with Gasteiger partial charge in [0.2, 0.25) is 0 Å². The molecule has 1 aliphatic rings. The molecule has 0 spiro atoms. The zero-order valence-corrected chi connectivity index (χ0v) is 16.2. The van der Waals surface area contributed by atoms with Crippen molar-refractivity contribution in [2.75, 3.05) is 11.9 Å². The molecule has 6 nitrogen and oxygen atoms in total. The number of carbonyl (C=O) groups is 2. The maximum atomic E-state index is 13.7. The number of amides is 2. The Morgan fingerprint density at radius 2 is 1.90 bits per heavy atom. The Morgan fingerprint density at radius 3 is 2.77 bits per heavy atom. The Kier molecular flexibility index (Phi) is 5.79. The van der Waals surface area contributed by atoms with Crippen LogP contribution in [-0.4, -0.2) is 18.4 Å². The minimum Gasteiger partial charge on any atom is -0.483 e. The minimum absolute atomic E-state index is 0.0744. The summed E-state index contributed by atoms with van der Waals surface area (Å²) >= 11 is 0. The first kappa shape index (κ1) is 19.7. The van der Waals surface area contributed by atoms with E-state index in [1.807, 2.05) is 6.07 Å². The van der Waals surface area contributed by atoms with Crippen molar-refractivity contribution in [2.45, 2.75) is 25.3 Å². The number of ether oxygens (including phenoxy) is 1. The summed E-state index contributed by atoms with van der Waals surface area (Å²) in [4.78, 5) is 25.0. The average molecular weight is 408 g/mol. The van der Waals surface area contributed by atoms with E-state index in [0.717, 1.165) is 30.6 Å². The average Bonchev–Trinajstić information content (AvgIpc) is 3.24. The van der Waals surface area contributed by atoms with Gasteiger partial charge in [-0.25, -0.2) is 4.39 Å². The van der Waals surface area contributed by atoms with Crippen LogP contribution in [-0.2, 0) is 11.2 Å². The van der Waals surface area contributed by atoms with Crippen molar-refractivity contribution in [3.8, 4) is 5.75 Å². The van der Waals surface area contributed by atoms with Crippen molar-refractivity contribution < 1.29 is 23.1 Å². The van der Waals surface area contributed by atoms with Crippen LogP contribution in [0.25, 0.3) is 0 Å². The summed E-state index contributed by atoms with van der Waals surface area (Å²) in [5.41, 5.74) is 1.40. The fourth-order valence-electron chi connectivity index (χ4n) is 3.54. The molecule has 1 unspecified atom stereocenters. The van der Waals surface area contributed by atoms with Crippen molar-refractivity contribution in [1.29, 1.82) is 0 Å². The Morgan fingerprint density at radius 1 is 1.10 bits per heavy atom. The smallest absolute Gasteiger partial charge is 0.262 e. The van der Waals surface area contributed by atoms with E-state index in [0.29, 0.717) is 5.56 Å². The van der Waals surface area contributed by atoms with E-state index in [1.54, 1.807) is 36.6 Å². The predicted octanol–water partition coefficient (Wildman–Crippen LogP) is 4.24. The maximum absolute atomic E-state index is 13.7. The molecule has 0 aliphatic heterocycles. The molecule has 7 heteroatoms. The molecule has 2 aromatic carbocycles. The van der Waals surface area contributed by atoms with Crippen LogP contribution in [0.15, 0.2) is 65.3 Å². The first-order valence-electron chi connectivity index (χ1n) is 9.75. The lowest BCUT2D eigenvalue weighted by atomic mass is 9.93. The summed E-state index contributed by atoms with van der Waals surface area (Å²) in [6.07, 6.45) is 4.26. The number of furan rings is 1. The number of nitrogens with one attached hydrogen (secondary N) is 2. The number of anilines is 1. The molecule has 2 N–H and O–H groups in total. The van der Waals surface area contributed by atoms with Gasteiger partial charge in [0.05, 0.1) is 23.6 Å². The van der Waals surface area contributed by atoms with Gasteiger partial charge < -0.3 is 19.8 Å². The Hall–Kier alpha value is -3.61. The molecule has 3 aromatic rings. The molecule has 4 rings (SSSR count). The number of rotatable bonds is 6. The van der Waals surface area contributed by atoms with Crippen molar-refractivity contribution >= 4 is 17.5 Å². The van der Waals surface area contributed by atoms with E-state index >= 15 is 0 Å². The quantitative estimate of drug-likeness (QED) is 0.639. The molecule has 0 fully saturated rings. The van der Waals surface area contributed by atoms with Gasteiger partial charge in [0.15, 0.2) is 6.61 Å². The molecule has 0 radical (unpaired) electrons. The number of carbonyl (C=O) groups excluding carboxylic acids is 2. The topological polar surface area (TPSA) is 80.6 Å². The van der Waals surface area contributed by atoms with Crippen LogP contribution >= 0.6 is 0 Å². The van der Waals surface area contributed by atoms with E-state index < -0.39 is 11.7 Å². The monoisotopic (exact) mass is 408 g/mol. The predicted molar refractivity (Wildman–Crippen MR) is 109 cm³/mol. The normalized spacial score (nSPS) is 15.2. The van der Waals surface area contributed by atoms with Gasteiger partial charge in [-0.2, -0.15) is 0 Å². The van der Waals surface area contributed by atoms with Gasteiger partial charge in [0.1, 0.15) is 17.3 Å². The third-order valence-electron chi connectivity index (χ3n) is 5.00. The highest BCUT2D eigenvalue weighted by Gasteiger charge is 2.25. The number of halogens is 1. The number of hydrogen-bond acceptors (Lipinski definition) is 4. The summed E-state index contributed by atoms with van der Waals surface area (Å²) < 4.78 is 24.7. The second-order valence-corrected chi connectivity index (χ2v) is 7.03. The number of para-hydroxylation sites is 2. The van der Waals surface area contributed by atoms with Crippen LogP contribution in [0, 0.1) is 5.82 Å². The highest BCUT2D eigenvalue weighted by molar-refractivity contribution is 5.97. The lowest BCUT2D eigenvalue weighted by Gasteiger charge is -2.23. The van der Waals surface area contributed by atoms with Crippen molar-refractivity contribution in [1.82, 2.24) is 5.32 Å². The van der Waals surface area contributed by atoms with Crippen molar-refractivity contribution in [3.63, 3.8) is 0 Å². The van der Waals surface area contributed by atoms with Crippen molar-refractivity contribution in [2.24, 2.45) is 0 Å². The molecule has 1 atom stereocenters. The Bertz CT molecular complexity index is 1060. The molecule has 30 heavy (non-hydrogen) atoms. The Balaban J connectivity index is 1.41. The van der Waals surface area contributed by atoms with Crippen LogP contribution < -0.4 is 15.4 Å². The number of aryl methyl sites for hydroxylation is 1. The third kappa shape index (κ3) is 4.35. The largest absolute Gasteiger partial charge is 0.483 e. The van der Waals surface area contributed by atoms with E-state index in [-0.39, 0.29) is 30.0 Å². The standard InChI is InChI=1S/C23H21FN2O4/c24-17-7-2-3-8-19(17)25-22(27)14-30-21-10-4-1-6-16(21)23(28)26-18-9-5-11-20-15(18)12-13-29-20/h1-4,6-8,10,12-13,18H,5,9,11,14H2,(H,25,27)(H,26,28). The van der Waals surface area contributed by atoms with Crippen molar-refractivity contribution in [3.05, 3.63) is 83.6 Å². The highest BCUT2D eigenvalue weighted by Crippen LogP contribution is 2.31. The number of benzene rings is 2. The molecule has 1 aromatic heterocycles. The summed E-state index contributed by atoms with van der Waals surface area (Å²) in [5, 5.41) is 5.48. The van der Waals surface area contributed by atoms with Gasteiger partial charge in [0.25, 0.3) is 11.8 Å². The van der Waals surface area contributed by atoms with Crippen LogP contribution in [0.5, 0.6) is 5.75 Å². The Labute approximate surface area is 173 Å². The molecular weight excluding hydrogens is 387 g/mol. The summed E-state index contributed by atoms with van der Waals surface area (Å²) in [5.74, 6) is -0.163. The van der Waals surface area contributed by atoms with E-state index in [1.165, 1.54) is 18.2 Å². The molecule has 154 valence electrons. The van der Waals surface area contributed by atoms with Gasteiger partial charge in [-0.1, -0.05) is 24.3 Å². The fraction of sp³-hybridized carbons (Fsp3) is 0.217. The zero-order valence-electron chi connectivity index (χ0n) is 16.2. The third-order valence-corrected chi connectivity index (χ3v) is 5.00. The summed E-state index contributed by atoms with van der Waals surface area (Å²) in [6, 6.07) is 14.3. The molecule has 2 amide bonds. The summed E-state index contributed by atoms with van der Waals surface area (Å²) in [6.45, 7) is -0.353. The summed E-state index contributed by atoms with van der Waals surface area (Å²) in [7, 11) is 0. The zero-order chi connectivity index (χ0) is 20.9. The van der Waals surface area contributed by atoms with Crippen LogP contribution in [0.2, 0.25) is 0 Å².